The van der Waals surface area contributed by atoms with E-state index in [4.69, 9.17) is 10.3 Å². The number of anilines is 1. The molecule has 1 amide bonds. The summed E-state index contributed by atoms with van der Waals surface area (Å²) in [5.74, 6) is 0.430. The number of aromatic nitrogens is 4. The standard InChI is InChI=1S/C12H14N6O2/c1-7-5-9(15-6-14-7)18-4-2-3-8(18)12-16-11(10(13)19)17-20-12/h5-6,8H,2-4H2,1H3,(H2,13,19). The predicted octanol–water partition coefficient (Wildman–Crippen LogP) is 0.608. The monoisotopic (exact) mass is 274 g/mol. The number of nitrogens with two attached hydrogens (primary N) is 1. The molecule has 1 aliphatic rings. The molecule has 1 unspecified atom stereocenters. The highest BCUT2D eigenvalue weighted by molar-refractivity contribution is 5.88. The molecule has 0 bridgehead atoms. The van der Waals surface area contributed by atoms with Gasteiger partial charge in [0, 0.05) is 18.3 Å². The highest BCUT2D eigenvalue weighted by Gasteiger charge is 2.32. The van der Waals surface area contributed by atoms with Crippen molar-refractivity contribution in [3.63, 3.8) is 0 Å². The Morgan fingerprint density at radius 1 is 1.50 bits per heavy atom. The van der Waals surface area contributed by atoms with Crippen molar-refractivity contribution in [1.82, 2.24) is 20.1 Å². The lowest BCUT2D eigenvalue weighted by Crippen LogP contribution is -2.24. The summed E-state index contributed by atoms with van der Waals surface area (Å²) >= 11 is 0. The largest absolute Gasteiger partial charge is 0.363 e. The molecule has 0 saturated carbocycles. The van der Waals surface area contributed by atoms with E-state index in [1.165, 1.54) is 6.33 Å². The average molecular weight is 274 g/mol. The van der Waals surface area contributed by atoms with Gasteiger partial charge in [-0.2, -0.15) is 4.98 Å². The summed E-state index contributed by atoms with van der Waals surface area (Å²) in [7, 11) is 0. The fourth-order valence-corrected chi connectivity index (χ4v) is 2.37. The Balaban J connectivity index is 1.90. The second kappa shape index (κ2) is 4.87. The molecule has 20 heavy (non-hydrogen) atoms. The Bertz CT molecular complexity index is 640. The van der Waals surface area contributed by atoms with Crippen LogP contribution in [0.1, 0.15) is 41.1 Å². The first-order chi connectivity index (χ1) is 9.65. The third-order valence-corrected chi connectivity index (χ3v) is 3.28. The predicted molar refractivity (Wildman–Crippen MR) is 68.9 cm³/mol. The maximum absolute atomic E-state index is 11.0. The number of carbonyl (C=O) groups is 1. The van der Waals surface area contributed by atoms with Crippen molar-refractivity contribution in [3.05, 3.63) is 29.8 Å². The molecule has 2 N–H and O–H groups in total. The summed E-state index contributed by atoms with van der Waals surface area (Å²) in [6.45, 7) is 2.75. The topological polar surface area (TPSA) is 111 Å². The van der Waals surface area contributed by atoms with Gasteiger partial charge < -0.3 is 15.2 Å². The zero-order valence-electron chi connectivity index (χ0n) is 11.0. The molecule has 2 aromatic heterocycles. The van der Waals surface area contributed by atoms with Crippen molar-refractivity contribution in [3.8, 4) is 0 Å². The fourth-order valence-electron chi connectivity index (χ4n) is 2.37. The van der Waals surface area contributed by atoms with E-state index in [0.717, 1.165) is 30.9 Å². The van der Waals surface area contributed by atoms with Crippen molar-refractivity contribution in [2.24, 2.45) is 5.73 Å². The molecule has 1 fully saturated rings. The maximum Gasteiger partial charge on any atom is 0.290 e. The SMILES string of the molecule is Cc1cc(N2CCCC2c2nc(C(N)=O)no2)ncn1. The van der Waals surface area contributed by atoms with Gasteiger partial charge in [-0.3, -0.25) is 4.79 Å². The second-order valence-corrected chi connectivity index (χ2v) is 4.69. The van der Waals surface area contributed by atoms with E-state index in [1.54, 1.807) is 0 Å². The minimum Gasteiger partial charge on any atom is -0.363 e. The van der Waals surface area contributed by atoms with Gasteiger partial charge >= 0.3 is 0 Å². The summed E-state index contributed by atoms with van der Waals surface area (Å²) < 4.78 is 5.14. The summed E-state index contributed by atoms with van der Waals surface area (Å²) in [4.78, 5) is 25.5. The van der Waals surface area contributed by atoms with Crippen LogP contribution in [0.3, 0.4) is 0 Å². The zero-order valence-corrected chi connectivity index (χ0v) is 11.0. The molecule has 0 radical (unpaired) electrons. The van der Waals surface area contributed by atoms with Crippen LogP contribution in [0.15, 0.2) is 16.9 Å². The highest BCUT2D eigenvalue weighted by atomic mass is 16.5. The van der Waals surface area contributed by atoms with E-state index in [1.807, 2.05) is 13.0 Å². The lowest BCUT2D eigenvalue weighted by atomic mass is 10.2. The Labute approximate surface area is 115 Å². The summed E-state index contributed by atoms with van der Waals surface area (Å²) in [6.07, 6.45) is 3.38. The summed E-state index contributed by atoms with van der Waals surface area (Å²) in [5.41, 5.74) is 6.03. The molecule has 0 aliphatic carbocycles. The van der Waals surface area contributed by atoms with Crippen LogP contribution in [0.25, 0.3) is 0 Å². The number of hydrogen-bond donors (Lipinski definition) is 1. The molecule has 8 heteroatoms. The van der Waals surface area contributed by atoms with Gasteiger partial charge in [-0.25, -0.2) is 9.97 Å². The molecule has 8 nitrogen and oxygen atoms in total. The lowest BCUT2D eigenvalue weighted by Gasteiger charge is -2.22. The number of amides is 1. The van der Waals surface area contributed by atoms with Crippen molar-refractivity contribution >= 4 is 11.7 Å². The van der Waals surface area contributed by atoms with Crippen molar-refractivity contribution in [2.75, 3.05) is 11.4 Å². The number of rotatable bonds is 3. The van der Waals surface area contributed by atoms with E-state index >= 15 is 0 Å². The third kappa shape index (κ3) is 2.20. The van der Waals surface area contributed by atoms with Gasteiger partial charge in [-0.1, -0.05) is 5.16 Å². The minimum absolute atomic E-state index is 0.0788. The zero-order chi connectivity index (χ0) is 14.1. The number of primary amides is 1. The van der Waals surface area contributed by atoms with Gasteiger partial charge in [0.2, 0.25) is 5.89 Å². The summed E-state index contributed by atoms with van der Waals surface area (Å²) in [5, 5.41) is 3.59. The first-order valence-electron chi connectivity index (χ1n) is 6.34. The minimum atomic E-state index is -0.692. The third-order valence-electron chi connectivity index (χ3n) is 3.28. The van der Waals surface area contributed by atoms with E-state index in [-0.39, 0.29) is 11.9 Å². The van der Waals surface area contributed by atoms with E-state index in [2.05, 4.69) is 25.0 Å². The van der Waals surface area contributed by atoms with Crippen LogP contribution in [0.4, 0.5) is 5.82 Å². The Morgan fingerprint density at radius 3 is 3.05 bits per heavy atom. The van der Waals surface area contributed by atoms with E-state index < -0.39 is 5.91 Å². The highest BCUT2D eigenvalue weighted by Crippen LogP contribution is 2.34. The maximum atomic E-state index is 11.0. The van der Waals surface area contributed by atoms with Crippen molar-refractivity contribution in [2.45, 2.75) is 25.8 Å². The van der Waals surface area contributed by atoms with Gasteiger partial charge in [-0.15, -0.1) is 0 Å². The van der Waals surface area contributed by atoms with Crippen LogP contribution in [0, 0.1) is 6.92 Å². The molecule has 3 rings (SSSR count). The Kier molecular flexibility index (Phi) is 3.05. The Hall–Kier alpha value is -2.51. The van der Waals surface area contributed by atoms with Crippen LogP contribution in [-0.2, 0) is 0 Å². The molecule has 1 aliphatic heterocycles. The van der Waals surface area contributed by atoms with Gasteiger partial charge in [-0.05, 0) is 19.8 Å². The molecule has 3 heterocycles. The number of hydrogen-bond acceptors (Lipinski definition) is 7. The Morgan fingerprint density at radius 2 is 2.35 bits per heavy atom. The quantitative estimate of drug-likeness (QED) is 0.872. The smallest absolute Gasteiger partial charge is 0.290 e. The number of carbonyl (C=O) groups excluding carboxylic acids is 1. The molecular formula is C12H14N6O2. The van der Waals surface area contributed by atoms with Gasteiger partial charge in [0.05, 0.1) is 0 Å². The van der Waals surface area contributed by atoms with E-state index in [9.17, 15) is 4.79 Å². The first kappa shape index (κ1) is 12.5. The lowest BCUT2D eigenvalue weighted by molar-refractivity contribution is 0.0987. The van der Waals surface area contributed by atoms with Crippen LogP contribution >= 0.6 is 0 Å². The molecule has 1 saturated heterocycles. The van der Waals surface area contributed by atoms with E-state index in [0.29, 0.717) is 5.89 Å². The van der Waals surface area contributed by atoms with Crippen LogP contribution < -0.4 is 10.6 Å². The number of aryl methyl sites for hydroxylation is 1. The van der Waals surface area contributed by atoms with Gasteiger partial charge in [0.1, 0.15) is 18.2 Å². The van der Waals surface area contributed by atoms with Crippen LogP contribution in [-0.4, -0.2) is 32.6 Å². The van der Waals surface area contributed by atoms with Gasteiger partial charge in [0.25, 0.3) is 11.7 Å². The number of nitrogens with zero attached hydrogens (tertiary/aromatic N) is 5. The molecule has 104 valence electrons. The van der Waals surface area contributed by atoms with Crippen LogP contribution in [0.5, 0.6) is 0 Å². The fraction of sp³-hybridized carbons (Fsp3) is 0.417. The van der Waals surface area contributed by atoms with Crippen LogP contribution in [0.2, 0.25) is 0 Å². The molecule has 0 aromatic carbocycles. The van der Waals surface area contributed by atoms with Gasteiger partial charge in [0.15, 0.2) is 0 Å². The molecular weight excluding hydrogens is 260 g/mol. The molecule has 0 spiro atoms. The average Bonchev–Trinajstić information content (AvgIpc) is 3.07. The first-order valence-corrected chi connectivity index (χ1v) is 6.34. The van der Waals surface area contributed by atoms with Crippen molar-refractivity contribution in [1.29, 1.82) is 0 Å². The summed E-state index contributed by atoms with van der Waals surface area (Å²) in [6, 6.07) is 1.83. The second-order valence-electron chi connectivity index (χ2n) is 4.69. The molecule has 1 atom stereocenters. The molecule has 2 aromatic rings. The van der Waals surface area contributed by atoms with Crippen molar-refractivity contribution < 1.29 is 9.32 Å². The normalized spacial score (nSPS) is 18.4.